The van der Waals surface area contributed by atoms with Crippen molar-refractivity contribution < 1.29 is 0 Å². The number of rotatable bonds is 1. The van der Waals surface area contributed by atoms with Crippen molar-refractivity contribution in [3.05, 3.63) is 12.4 Å². The monoisotopic (exact) mass is 202 g/mol. The Bertz CT molecular complexity index is 236. The van der Waals surface area contributed by atoms with Crippen LogP contribution in [0.2, 0.25) is 0 Å². The van der Waals surface area contributed by atoms with Gasteiger partial charge in [0.25, 0.3) is 0 Å². The summed E-state index contributed by atoms with van der Waals surface area (Å²) in [5.41, 5.74) is 5.87. The van der Waals surface area contributed by atoms with Gasteiger partial charge in [0.15, 0.2) is 0 Å². The van der Waals surface area contributed by atoms with Crippen LogP contribution < -0.4 is 5.73 Å². The van der Waals surface area contributed by atoms with Gasteiger partial charge in [0.1, 0.15) is 0 Å². The highest BCUT2D eigenvalue weighted by atomic mass is 35.5. The zero-order valence-electron chi connectivity index (χ0n) is 7.47. The highest BCUT2D eigenvalue weighted by Gasteiger charge is 2.20. The minimum absolute atomic E-state index is 0. The van der Waals surface area contributed by atoms with Crippen LogP contribution in [0.3, 0.4) is 0 Å². The second-order valence-corrected chi connectivity index (χ2v) is 3.46. The van der Waals surface area contributed by atoms with E-state index in [9.17, 15) is 0 Å². The van der Waals surface area contributed by atoms with Crippen LogP contribution in [0.25, 0.3) is 0 Å². The van der Waals surface area contributed by atoms with E-state index in [1.807, 2.05) is 10.9 Å². The zero-order valence-corrected chi connectivity index (χ0v) is 8.28. The maximum Gasteiger partial charge on any atom is 0.0693 e. The Morgan fingerprint density at radius 1 is 1.38 bits per heavy atom. The van der Waals surface area contributed by atoms with E-state index in [1.165, 1.54) is 12.8 Å². The molecule has 0 aliphatic heterocycles. The van der Waals surface area contributed by atoms with E-state index in [1.54, 1.807) is 6.20 Å². The summed E-state index contributed by atoms with van der Waals surface area (Å²) in [5.74, 6) is 0. The lowest BCUT2D eigenvalue weighted by atomic mass is 9.92. The number of hydrogen-bond donors (Lipinski definition) is 1. The summed E-state index contributed by atoms with van der Waals surface area (Å²) in [7, 11) is 0. The molecule has 0 amide bonds. The molecule has 1 aromatic rings. The molecule has 0 radical (unpaired) electrons. The molecule has 13 heavy (non-hydrogen) atoms. The van der Waals surface area contributed by atoms with Crippen molar-refractivity contribution in [1.29, 1.82) is 0 Å². The molecule has 74 valence electrons. The van der Waals surface area contributed by atoms with Crippen LogP contribution in [0.1, 0.15) is 31.7 Å². The summed E-state index contributed by atoms with van der Waals surface area (Å²) in [6.45, 7) is 0. The Kier molecular flexibility index (Phi) is 3.69. The molecule has 0 bridgehead atoms. The first-order valence-electron chi connectivity index (χ1n) is 4.47. The third-order valence-corrected chi connectivity index (χ3v) is 2.50. The van der Waals surface area contributed by atoms with Crippen molar-refractivity contribution in [2.24, 2.45) is 5.73 Å². The summed E-state index contributed by atoms with van der Waals surface area (Å²) >= 11 is 0. The van der Waals surface area contributed by atoms with Crippen LogP contribution in [0.15, 0.2) is 12.4 Å². The quantitative estimate of drug-likeness (QED) is 0.743. The summed E-state index contributed by atoms with van der Waals surface area (Å²) < 4.78 is 1.93. The normalized spacial score (nSPS) is 28.1. The molecule has 0 spiro atoms. The van der Waals surface area contributed by atoms with E-state index in [4.69, 9.17) is 5.73 Å². The fourth-order valence-corrected chi connectivity index (χ4v) is 1.85. The number of nitrogens with zero attached hydrogens (tertiary/aromatic N) is 3. The first-order valence-corrected chi connectivity index (χ1v) is 4.47. The van der Waals surface area contributed by atoms with E-state index in [2.05, 4.69) is 10.3 Å². The minimum Gasteiger partial charge on any atom is -0.328 e. The summed E-state index contributed by atoms with van der Waals surface area (Å²) in [6, 6.07) is 0.837. The van der Waals surface area contributed by atoms with Gasteiger partial charge in [0, 0.05) is 12.2 Å². The van der Waals surface area contributed by atoms with Gasteiger partial charge in [0.2, 0.25) is 0 Å². The van der Waals surface area contributed by atoms with Crippen LogP contribution in [0, 0.1) is 0 Å². The molecule has 4 nitrogen and oxygen atoms in total. The molecule has 1 saturated carbocycles. The first kappa shape index (κ1) is 10.5. The van der Waals surface area contributed by atoms with Crippen LogP contribution in [0.5, 0.6) is 0 Å². The van der Waals surface area contributed by atoms with Crippen molar-refractivity contribution in [2.45, 2.75) is 37.8 Å². The molecule has 0 saturated heterocycles. The second-order valence-electron chi connectivity index (χ2n) is 3.46. The van der Waals surface area contributed by atoms with Crippen molar-refractivity contribution in [3.63, 3.8) is 0 Å². The molecular weight excluding hydrogens is 188 g/mol. The Hall–Kier alpha value is -0.610. The lowest BCUT2D eigenvalue weighted by Gasteiger charge is -2.26. The molecule has 2 unspecified atom stereocenters. The lowest BCUT2D eigenvalue weighted by molar-refractivity contribution is 0.296. The predicted molar refractivity (Wildman–Crippen MR) is 52.8 cm³/mol. The van der Waals surface area contributed by atoms with Crippen molar-refractivity contribution in [1.82, 2.24) is 15.0 Å². The molecule has 2 atom stereocenters. The SMILES string of the molecule is Cl.NC1CCCC(n2ccnn2)C1. The van der Waals surface area contributed by atoms with Gasteiger partial charge in [-0.25, -0.2) is 4.68 Å². The number of aromatic nitrogens is 3. The van der Waals surface area contributed by atoms with Crippen LogP contribution in [-0.4, -0.2) is 21.0 Å². The molecule has 5 heteroatoms. The standard InChI is InChI=1S/C8H14N4.ClH/c9-7-2-1-3-8(6-7)12-5-4-10-11-12;/h4-5,7-8H,1-3,6,9H2;1H. The van der Waals surface area contributed by atoms with Crippen LogP contribution in [-0.2, 0) is 0 Å². The van der Waals surface area contributed by atoms with Gasteiger partial charge in [-0.05, 0) is 25.7 Å². The van der Waals surface area contributed by atoms with Crippen molar-refractivity contribution in [2.75, 3.05) is 0 Å². The molecule has 1 fully saturated rings. The Morgan fingerprint density at radius 2 is 2.23 bits per heavy atom. The molecule has 2 rings (SSSR count). The third kappa shape index (κ3) is 2.42. The highest BCUT2D eigenvalue weighted by molar-refractivity contribution is 5.85. The van der Waals surface area contributed by atoms with Gasteiger partial charge in [0.05, 0.1) is 12.2 Å². The average Bonchev–Trinajstić information content (AvgIpc) is 2.56. The molecule has 1 aliphatic rings. The van der Waals surface area contributed by atoms with E-state index in [0.29, 0.717) is 12.1 Å². The average molecular weight is 203 g/mol. The van der Waals surface area contributed by atoms with E-state index < -0.39 is 0 Å². The van der Waals surface area contributed by atoms with E-state index in [-0.39, 0.29) is 12.4 Å². The van der Waals surface area contributed by atoms with E-state index in [0.717, 1.165) is 12.8 Å². The van der Waals surface area contributed by atoms with Gasteiger partial charge >= 0.3 is 0 Å². The largest absolute Gasteiger partial charge is 0.328 e. The highest BCUT2D eigenvalue weighted by Crippen LogP contribution is 2.26. The molecule has 0 aromatic carbocycles. The summed E-state index contributed by atoms with van der Waals surface area (Å²) in [6.07, 6.45) is 8.25. The zero-order chi connectivity index (χ0) is 8.39. The Labute approximate surface area is 83.9 Å². The predicted octanol–water partition coefficient (Wildman–Crippen LogP) is 1.14. The van der Waals surface area contributed by atoms with Gasteiger partial charge in [-0.3, -0.25) is 0 Å². The summed E-state index contributed by atoms with van der Waals surface area (Å²) in [4.78, 5) is 0. The fraction of sp³-hybridized carbons (Fsp3) is 0.750. The lowest BCUT2D eigenvalue weighted by Crippen LogP contribution is -2.29. The maximum atomic E-state index is 5.87. The molecule has 1 heterocycles. The van der Waals surface area contributed by atoms with Gasteiger partial charge in [-0.1, -0.05) is 5.21 Å². The first-order chi connectivity index (χ1) is 5.86. The summed E-state index contributed by atoms with van der Waals surface area (Å²) in [5, 5.41) is 7.78. The van der Waals surface area contributed by atoms with Gasteiger partial charge in [-0.2, -0.15) is 0 Å². The second kappa shape index (κ2) is 4.58. The van der Waals surface area contributed by atoms with Gasteiger partial charge in [-0.15, -0.1) is 17.5 Å². The van der Waals surface area contributed by atoms with Crippen molar-refractivity contribution >= 4 is 12.4 Å². The van der Waals surface area contributed by atoms with Crippen molar-refractivity contribution in [3.8, 4) is 0 Å². The minimum atomic E-state index is 0. The Morgan fingerprint density at radius 3 is 2.85 bits per heavy atom. The number of halogens is 1. The number of nitrogens with two attached hydrogens (primary N) is 1. The molecular formula is C8H15ClN4. The van der Waals surface area contributed by atoms with E-state index >= 15 is 0 Å². The van der Waals surface area contributed by atoms with Crippen LogP contribution >= 0.6 is 12.4 Å². The number of hydrogen-bond acceptors (Lipinski definition) is 3. The fourth-order valence-electron chi connectivity index (χ4n) is 1.85. The van der Waals surface area contributed by atoms with Gasteiger partial charge < -0.3 is 5.73 Å². The topological polar surface area (TPSA) is 56.7 Å². The third-order valence-electron chi connectivity index (χ3n) is 2.50. The van der Waals surface area contributed by atoms with Crippen LogP contribution in [0.4, 0.5) is 0 Å². The smallest absolute Gasteiger partial charge is 0.0693 e. The Balaban J connectivity index is 0.000000845. The molecule has 1 aromatic heterocycles. The molecule has 1 aliphatic carbocycles. The molecule has 2 N–H and O–H groups in total. The maximum absolute atomic E-state index is 5.87.